The van der Waals surface area contributed by atoms with Crippen LogP contribution >= 0.6 is 54.5 Å². The highest BCUT2D eigenvalue weighted by Crippen LogP contribution is 2.40. The third-order valence-corrected chi connectivity index (χ3v) is 6.84. The molecule has 0 amide bonds. The summed E-state index contributed by atoms with van der Waals surface area (Å²) < 4.78 is 39.7. The summed E-state index contributed by atoms with van der Waals surface area (Å²) in [6, 6.07) is 1.62. The van der Waals surface area contributed by atoms with Gasteiger partial charge < -0.3 is 5.32 Å². The predicted octanol–water partition coefficient (Wildman–Crippen LogP) is 5.45. The van der Waals surface area contributed by atoms with Crippen molar-refractivity contribution in [3.8, 4) is 0 Å². The average molecular weight is 450 g/mol. The molecule has 0 spiro atoms. The van der Waals surface area contributed by atoms with E-state index in [0.29, 0.717) is 22.8 Å². The molecule has 2 nitrogen and oxygen atoms in total. The molecule has 110 valence electrons. The molecule has 2 heterocycles. The summed E-state index contributed by atoms with van der Waals surface area (Å²) in [7, 11) is 0. The first kappa shape index (κ1) is 16.4. The van der Waals surface area contributed by atoms with Gasteiger partial charge in [-0.2, -0.15) is 13.2 Å². The molecule has 0 fully saturated rings. The van der Waals surface area contributed by atoms with Crippen molar-refractivity contribution in [2.75, 3.05) is 6.54 Å². The van der Waals surface area contributed by atoms with Crippen LogP contribution in [0.4, 0.5) is 13.2 Å². The lowest BCUT2D eigenvalue weighted by atomic mass is 10.2. The van der Waals surface area contributed by atoms with Crippen LogP contribution in [0.1, 0.15) is 27.7 Å². The van der Waals surface area contributed by atoms with Crippen LogP contribution in [-0.2, 0) is 6.18 Å². The topological polar surface area (TPSA) is 24.9 Å². The molecule has 1 unspecified atom stereocenters. The van der Waals surface area contributed by atoms with Gasteiger partial charge in [0.1, 0.15) is 0 Å². The second-order valence-corrected chi connectivity index (χ2v) is 8.14. The summed E-state index contributed by atoms with van der Waals surface area (Å²) in [6.45, 7) is 2.56. The number of hydrogen-bond acceptors (Lipinski definition) is 4. The van der Waals surface area contributed by atoms with Crippen molar-refractivity contribution in [1.82, 2.24) is 10.3 Å². The van der Waals surface area contributed by atoms with E-state index in [2.05, 4.69) is 42.2 Å². The van der Waals surface area contributed by atoms with Gasteiger partial charge >= 0.3 is 6.18 Å². The molecule has 2 rings (SSSR count). The zero-order valence-corrected chi connectivity index (χ0v) is 14.9. The molecular weight excluding hydrogens is 441 g/mol. The van der Waals surface area contributed by atoms with Crippen molar-refractivity contribution < 1.29 is 13.2 Å². The fraction of sp³-hybridized carbons (Fsp3) is 0.364. The van der Waals surface area contributed by atoms with Crippen LogP contribution in [0.5, 0.6) is 0 Å². The number of alkyl halides is 3. The minimum absolute atomic E-state index is 0.277. The Morgan fingerprint density at radius 2 is 2.00 bits per heavy atom. The Labute approximate surface area is 138 Å². The van der Waals surface area contributed by atoms with Crippen molar-refractivity contribution >= 4 is 54.5 Å². The van der Waals surface area contributed by atoms with Crippen molar-refractivity contribution in [2.24, 2.45) is 0 Å². The van der Waals surface area contributed by atoms with Crippen LogP contribution in [-0.4, -0.2) is 11.5 Å². The lowest BCUT2D eigenvalue weighted by Crippen LogP contribution is -2.20. The van der Waals surface area contributed by atoms with Gasteiger partial charge in [-0.15, -0.1) is 22.7 Å². The number of aromatic nitrogens is 1. The summed E-state index contributed by atoms with van der Waals surface area (Å²) in [5.74, 6) is 0. The Morgan fingerprint density at radius 1 is 1.30 bits per heavy atom. The van der Waals surface area contributed by atoms with Crippen LogP contribution in [0.2, 0.25) is 0 Å². The van der Waals surface area contributed by atoms with Gasteiger partial charge in [0.05, 0.1) is 9.83 Å². The van der Waals surface area contributed by atoms with E-state index in [-0.39, 0.29) is 6.04 Å². The van der Waals surface area contributed by atoms with E-state index in [1.54, 1.807) is 0 Å². The number of rotatable bonds is 4. The zero-order valence-electron chi connectivity index (χ0n) is 10.1. The van der Waals surface area contributed by atoms with Crippen LogP contribution in [0.15, 0.2) is 20.5 Å². The lowest BCUT2D eigenvalue weighted by molar-refractivity contribution is -0.137. The van der Waals surface area contributed by atoms with Crippen LogP contribution < -0.4 is 5.32 Å². The highest BCUT2D eigenvalue weighted by Gasteiger charge is 2.35. The summed E-state index contributed by atoms with van der Waals surface area (Å²) in [5, 5.41) is 2.38. The first-order chi connectivity index (χ1) is 9.32. The molecule has 2 aromatic heterocycles. The van der Waals surface area contributed by atoms with Gasteiger partial charge in [0, 0.05) is 20.4 Å². The minimum atomic E-state index is -4.39. The molecule has 0 aliphatic heterocycles. The van der Waals surface area contributed by atoms with E-state index in [1.165, 1.54) is 17.5 Å². The molecule has 20 heavy (non-hydrogen) atoms. The first-order valence-electron chi connectivity index (χ1n) is 5.54. The molecule has 0 bridgehead atoms. The fourth-order valence-electron chi connectivity index (χ4n) is 1.60. The number of nitrogens with zero attached hydrogens (tertiary/aromatic N) is 1. The second kappa shape index (κ2) is 6.43. The molecule has 1 N–H and O–H groups in total. The Morgan fingerprint density at radius 3 is 2.45 bits per heavy atom. The van der Waals surface area contributed by atoms with Gasteiger partial charge in [-0.05, 0) is 44.5 Å². The number of hydrogen-bond donors (Lipinski definition) is 1. The summed E-state index contributed by atoms with van der Waals surface area (Å²) in [6.07, 6.45) is -3.10. The Balaban J connectivity index is 2.36. The SMILES string of the molecule is CCNC(c1cnc(C(F)(F)F)s1)c1cc(Br)c(Br)s1. The smallest absolute Gasteiger partial charge is 0.305 e. The zero-order chi connectivity index (χ0) is 14.9. The van der Waals surface area contributed by atoms with E-state index in [4.69, 9.17) is 0 Å². The number of nitrogens with one attached hydrogen (secondary N) is 1. The van der Waals surface area contributed by atoms with Crippen LogP contribution in [0, 0.1) is 0 Å². The Bertz CT molecular complexity index is 575. The highest BCUT2D eigenvalue weighted by atomic mass is 79.9. The maximum atomic E-state index is 12.6. The first-order valence-corrected chi connectivity index (χ1v) is 8.75. The van der Waals surface area contributed by atoms with Crippen molar-refractivity contribution in [3.63, 3.8) is 0 Å². The number of thiazole rings is 1. The lowest BCUT2D eigenvalue weighted by Gasteiger charge is -2.13. The standard InChI is InChI=1S/C11H9Br2F3N2S2/c1-2-17-8(6-3-5(12)9(13)19-6)7-4-18-10(20-7)11(14,15)16/h3-4,8,17H,2H2,1H3. The molecule has 9 heteroatoms. The predicted molar refractivity (Wildman–Crippen MR) is 82.4 cm³/mol. The largest absolute Gasteiger partial charge is 0.443 e. The maximum Gasteiger partial charge on any atom is 0.443 e. The minimum Gasteiger partial charge on any atom is -0.305 e. The van der Waals surface area contributed by atoms with Crippen LogP contribution in [0.3, 0.4) is 0 Å². The third-order valence-electron chi connectivity index (χ3n) is 2.41. The fourth-order valence-corrected chi connectivity index (χ4v) is 4.74. The molecule has 0 saturated carbocycles. The van der Waals surface area contributed by atoms with Crippen molar-refractivity contribution in [3.05, 3.63) is 35.3 Å². The van der Waals surface area contributed by atoms with E-state index in [0.717, 1.165) is 13.1 Å². The second-order valence-electron chi connectivity index (χ2n) is 3.83. The van der Waals surface area contributed by atoms with Gasteiger partial charge in [0.2, 0.25) is 0 Å². The Hall–Kier alpha value is 0.0400. The average Bonchev–Trinajstić information content (AvgIpc) is 2.94. The van der Waals surface area contributed by atoms with Crippen molar-refractivity contribution in [1.29, 1.82) is 0 Å². The van der Waals surface area contributed by atoms with Crippen LogP contribution in [0.25, 0.3) is 0 Å². The maximum absolute atomic E-state index is 12.6. The quantitative estimate of drug-likeness (QED) is 0.671. The summed E-state index contributed by atoms with van der Waals surface area (Å²) in [5.41, 5.74) is 0. The third kappa shape index (κ3) is 3.62. The molecule has 0 radical (unpaired) electrons. The van der Waals surface area contributed by atoms with Crippen molar-refractivity contribution in [2.45, 2.75) is 19.1 Å². The molecule has 0 aliphatic carbocycles. The molecule has 1 atom stereocenters. The number of halogens is 5. The molecule has 2 aromatic rings. The molecule has 0 aromatic carbocycles. The monoisotopic (exact) mass is 448 g/mol. The van der Waals surface area contributed by atoms with E-state index in [9.17, 15) is 13.2 Å². The van der Waals surface area contributed by atoms with Gasteiger partial charge in [0.15, 0.2) is 5.01 Å². The van der Waals surface area contributed by atoms with E-state index >= 15 is 0 Å². The van der Waals surface area contributed by atoms with E-state index in [1.807, 2.05) is 13.0 Å². The normalized spacial score (nSPS) is 13.7. The molecule has 0 saturated heterocycles. The Kier molecular flexibility index (Phi) is 5.28. The molecular formula is C11H9Br2F3N2S2. The van der Waals surface area contributed by atoms with E-state index < -0.39 is 11.2 Å². The van der Waals surface area contributed by atoms with Gasteiger partial charge in [-0.25, -0.2) is 4.98 Å². The summed E-state index contributed by atoms with van der Waals surface area (Å²) in [4.78, 5) is 4.97. The highest BCUT2D eigenvalue weighted by molar-refractivity contribution is 9.13. The van der Waals surface area contributed by atoms with Gasteiger partial charge in [-0.3, -0.25) is 0 Å². The van der Waals surface area contributed by atoms with Gasteiger partial charge in [0.25, 0.3) is 0 Å². The summed E-state index contributed by atoms with van der Waals surface area (Å²) >= 11 is 8.94. The molecule has 0 aliphatic rings. The van der Waals surface area contributed by atoms with Gasteiger partial charge in [-0.1, -0.05) is 6.92 Å². The number of thiophene rings is 1.